The summed E-state index contributed by atoms with van der Waals surface area (Å²) in [7, 11) is 0. The van der Waals surface area contributed by atoms with Crippen molar-refractivity contribution in [2.45, 2.75) is 45.6 Å². The first kappa shape index (κ1) is 16.6. The van der Waals surface area contributed by atoms with E-state index in [0.717, 1.165) is 25.0 Å². The Kier molecular flexibility index (Phi) is 4.10. The van der Waals surface area contributed by atoms with Gasteiger partial charge in [-0.2, -0.15) is 0 Å². The lowest BCUT2D eigenvalue weighted by Gasteiger charge is -2.34. The van der Waals surface area contributed by atoms with Crippen molar-refractivity contribution in [2.75, 3.05) is 6.54 Å². The van der Waals surface area contributed by atoms with Gasteiger partial charge < -0.3 is 9.42 Å². The monoisotopic (exact) mass is 355 g/mol. The van der Waals surface area contributed by atoms with Gasteiger partial charge in [0.25, 0.3) is 11.5 Å². The van der Waals surface area contributed by atoms with Gasteiger partial charge in [0.05, 0.1) is 11.7 Å². The zero-order valence-corrected chi connectivity index (χ0v) is 14.9. The minimum atomic E-state index is -0.231. The maximum Gasteiger partial charge on any atom is 0.276 e. The minimum Gasteiger partial charge on any atom is -0.361 e. The number of rotatable bonds is 3. The maximum absolute atomic E-state index is 13.0. The summed E-state index contributed by atoms with van der Waals surface area (Å²) in [4.78, 5) is 31.7. The van der Waals surface area contributed by atoms with E-state index >= 15 is 0 Å². The number of likely N-dealkylation sites (tertiary alicyclic amines) is 1. The number of nitrogens with one attached hydrogen (secondary N) is 1. The van der Waals surface area contributed by atoms with Crippen LogP contribution in [0.4, 0.5) is 0 Å². The summed E-state index contributed by atoms with van der Waals surface area (Å²) in [6.07, 6.45) is 3.37. The number of fused-ring (bicyclic) bond motifs is 1. The molecule has 3 aromatic heterocycles. The smallest absolute Gasteiger partial charge is 0.276 e. The molecule has 0 unspecified atom stereocenters. The summed E-state index contributed by atoms with van der Waals surface area (Å²) in [5, 5.41) is 6.87. The summed E-state index contributed by atoms with van der Waals surface area (Å²) in [6, 6.07) is 4.80. The molecule has 0 aromatic carbocycles. The zero-order chi connectivity index (χ0) is 18.3. The van der Waals surface area contributed by atoms with Gasteiger partial charge in [-0.25, -0.2) is 9.50 Å². The second-order valence-corrected chi connectivity index (χ2v) is 6.69. The molecule has 1 saturated heterocycles. The molecule has 1 atom stereocenters. The van der Waals surface area contributed by atoms with Crippen LogP contribution in [0.25, 0.3) is 5.65 Å². The second kappa shape index (κ2) is 6.44. The number of amides is 1. The molecule has 0 bridgehead atoms. The van der Waals surface area contributed by atoms with Crippen LogP contribution in [0, 0.1) is 6.92 Å². The highest BCUT2D eigenvalue weighted by Gasteiger charge is 2.31. The molecule has 8 nitrogen and oxygen atoms in total. The number of carbonyl (C=O) groups excluding carboxylic acids is 1. The lowest BCUT2D eigenvalue weighted by molar-refractivity contribution is 0.0595. The summed E-state index contributed by atoms with van der Waals surface area (Å²) in [5.41, 5.74) is 2.19. The van der Waals surface area contributed by atoms with Crippen molar-refractivity contribution < 1.29 is 9.32 Å². The quantitative estimate of drug-likeness (QED) is 0.777. The van der Waals surface area contributed by atoms with E-state index in [2.05, 4.69) is 15.2 Å². The van der Waals surface area contributed by atoms with E-state index in [1.807, 2.05) is 19.9 Å². The number of nitrogens with zero attached hydrogens (tertiary/aromatic N) is 4. The molecular formula is C18H21N5O3. The van der Waals surface area contributed by atoms with Crippen molar-refractivity contribution in [1.29, 1.82) is 0 Å². The highest BCUT2D eigenvalue weighted by atomic mass is 16.5. The molecule has 4 heterocycles. The SMILES string of the molecule is CCc1cc(C(=O)N2CCCC[C@@H]2c2cc(=O)n3[nH]c(C)cc3n2)no1. The molecule has 1 N–H and O–H groups in total. The Morgan fingerprint density at radius 2 is 2.19 bits per heavy atom. The average molecular weight is 355 g/mol. The van der Waals surface area contributed by atoms with Crippen LogP contribution in [0.3, 0.4) is 0 Å². The van der Waals surface area contributed by atoms with Crippen LogP contribution in [0.15, 0.2) is 27.5 Å². The van der Waals surface area contributed by atoms with Crippen LogP contribution in [0.1, 0.15) is 59.9 Å². The van der Waals surface area contributed by atoms with Crippen molar-refractivity contribution in [2.24, 2.45) is 0 Å². The van der Waals surface area contributed by atoms with Crippen LogP contribution in [-0.4, -0.2) is 37.1 Å². The summed E-state index contributed by atoms with van der Waals surface area (Å²) in [6.45, 7) is 4.44. The van der Waals surface area contributed by atoms with Gasteiger partial charge >= 0.3 is 0 Å². The molecule has 0 saturated carbocycles. The predicted octanol–water partition coefficient (Wildman–Crippen LogP) is 2.25. The van der Waals surface area contributed by atoms with E-state index in [-0.39, 0.29) is 17.5 Å². The molecule has 136 valence electrons. The lowest BCUT2D eigenvalue weighted by Crippen LogP contribution is -2.39. The van der Waals surface area contributed by atoms with Crippen LogP contribution >= 0.6 is 0 Å². The third kappa shape index (κ3) is 2.81. The Morgan fingerprint density at radius 1 is 1.35 bits per heavy atom. The number of piperidine rings is 1. The fourth-order valence-corrected chi connectivity index (χ4v) is 3.51. The molecule has 0 aliphatic carbocycles. The van der Waals surface area contributed by atoms with E-state index in [0.29, 0.717) is 35.8 Å². The van der Waals surface area contributed by atoms with Crippen molar-refractivity contribution >= 4 is 11.6 Å². The highest BCUT2D eigenvalue weighted by molar-refractivity contribution is 5.92. The Hall–Kier alpha value is -2.90. The summed E-state index contributed by atoms with van der Waals surface area (Å²) >= 11 is 0. The largest absolute Gasteiger partial charge is 0.361 e. The molecule has 8 heteroatoms. The highest BCUT2D eigenvalue weighted by Crippen LogP contribution is 2.31. The Labute approximate surface area is 149 Å². The number of hydrogen-bond donors (Lipinski definition) is 1. The molecule has 0 spiro atoms. The third-order valence-electron chi connectivity index (χ3n) is 4.83. The van der Waals surface area contributed by atoms with Gasteiger partial charge in [0.1, 0.15) is 5.76 Å². The molecule has 1 amide bonds. The predicted molar refractivity (Wildman–Crippen MR) is 94.1 cm³/mol. The molecule has 0 radical (unpaired) electrons. The number of aromatic nitrogens is 4. The number of carbonyl (C=O) groups is 1. The van der Waals surface area contributed by atoms with Gasteiger partial charge in [-0.3, -0.25) is 14.7 Å². The first-order chi connectivity index (χ1) is 12.6. The van der Waals surface area contributed by atoms with E-state index in [1.165, 1.54) is 10.6 Å². The number of hydrogen-bond acceptors (Lipinski definition) is 5. The Morgan fingerprint density at radius 3 is 2.96 bits per heavy atom. The van der Waals surface area contributed by atoms with E-state index in [4.69, 9.17) is 4.52 Å². The van der Waals surface area contributed by atoms with Crippen molar-refractivity contribution in [3.8, 4) is 0 Å². The van der Waals surface area contributed by atoms with E-state index < -0.39 is 0 Å². The van der Waals surface area contributed by atoms with Gasteiger partial charge in [-0.15, -0.1) is 0 Å². The zero-order valence-electron chi connectivity index (χ0n) is 14.9. The van der Waals surface area contributed by atoms with Crippen LogP contribution in [0.5, 0.6) is 0 Å². The Bertz CT molecular complexity index is 1020. The van der Waals surface area contributed by atoms with Gasteiger partial charge in [-0.05, 0) is 26.2 Å². The van der Waals surface area contributed by atoms with Crippen LogP contribution in [-0.2, 0) is 6.42 Å². The average Bonchev–Trinajstić information content (AvgIpc) is 3.27. The second-order valence-electron chi connectivity index (χ2n) is 6.69. The van der Waals surface area contributed by atoms with Crippen LogP contribution in [0.2, 0.25) is 0 Å². The standard InChI is InChI=1S/C18H21N5O3/c1-3-12-9-14(21-26-12)18(25)22-7-5-4-6-15(22)13-10-17(24)23-16(19-13)8-11(2)20-23/h8-10,15,20H,3-7H2,1-2H3/t15-/m1/s1. The molecule has 3 aromatic rings. The molecular weight excluding hydrogens is 334 g/mol. The number of aromatic amines is 1. The Balaban J connectivity index is 1.71. The van der Waals surface area contributed by atoms with Crippen molar-refractivity contribution in [1.82, 2.24) is 24.7 Å². The van der Waals surface area contributed by atoms with Gasteiger partial charge in [0.15, 0.2) is 11.3 Å². The van der Waals surface area contributed by atoms with Gasteiger partial charge in [0.2, 0.25) is 0 Å². The first-order valence-corrected chi connectivity index (χ1v) is 8.92. The van der Waals surface area contributed by atoms with Crippen molar-refractivity contribution in [3.63, 3.8) is 0 Å². The number of aryl methyl sites for hydroxylation is 2. The number of H-pyrrole nitrogens is 1. The van der Waals surface area contributed by atoms with E-state index in [9.17, 15) is 9.59 Å². The molecule has 1 aliphatic rings. The normalized spacial score (nSPS) is 17.8. The van der Waals surface area contributed by atoms with Crippen LogP contribution < -0.4 is 5.56 Å². The minimum absolute atomic E-state index is 0.175. The molecule has 26 heavy (non-hydrogen) atoms. The fraction of sp³-hybridized carbons (Fsp3) is 0.444. The van der Waals surface area contributed by atoms with E-state index in [1.54, 1.807) is 11.0 Å². The fourth-order valence-electron chi connectivity index (χ4n) is 3.51. The summed E-state index contributed by atoms with van der Waals surface area (Å²) < 4.78 is 6.59. The molecule has 4 rings (SSSR count). The van der Waals surface area contributed by atoms with Crippen molar-refractivity contribution in [3.05, 3.63) is 51.4 Å². The van der Waals surface area contributed by atoms with Gasteiger partial charge in [0, 0.05) is 36.9 Å². The lowest BCUT2D eigenvalue weighted by atomic mass is 9.98. The first-order valence-electron chi connectivity index (χ1n) is 8.92. The third-order valence-corrected chi connectivity index (χ3v) is 4.83. The van der Waals surface area contributed by atoms with Gasteiger partial charge in [-0.1, -0.05) is 12.1 Å². The molecule has 1 aliphatic heterocycles. The summed E-state index contributed by atoms with van der Waals surface area (Å²) in [5.74, 6) is 0.507. The topological polar surface area (TPSA) is 96.5 Å². The molecule has 1 fully saturated rings. The maximum atomic E-state index is 13.0.